The zero-order valence-corrected chi connectivity index (χ0v) is 26.0. The molecule has 1 unspecified atom stereocenters. The molecule has 0 heterocycles. The number of esters is 1. The maximum Gasteiger partial charge on any atom is 0.329 e. The standard InChI is InChI=1S/C37H32BrNO6/c38-45-33-23-35(43-25-28-15-7-2-8-16-28)34(42-24-27-13-5-1-6-14-27)22-31(33)21-32(39-36(40)30-19-11-4-12-20-30)37(41)44-26-29-17-9-3-10-18-29/h1-20,22-23,32H,21,24-26H2,(H,39,40). The van der Waals surface area contributed by atoms with Crippen LogP contribution in [0, 0.1) is 0 Å². The first-order chi connectivity index (χ1) is 22.1. The quantitative estimate of drug-likeness (QED) is 0.123. The summed E-state index contributed by atoms with van der Waals surface area (Å²) in [7, 11) is 0. The van der Waals surface area contributed by atoms with Gasteiger partial charge in [-0.1, -0.05) is 109 Å². The molecule has 8 heteroatoms. The summed E-state index contributed by atoms with van der Waals surface area (Å²) in [6.45, 7) is 0.672. The molecule has 0 bridgehead atoms. The molecule has 0 aromatic heterocycles. The van der Waals surface area contributed by atoms with E-state index >= 15 is 0 Å². The van der Waals surface area contributed by atoms with Crippen molar-refractivity contribution in [3.05, 3.63) is 161 Å². The van der Waals surface area contributed by atoms with E-state index in [2.05, 4.69) is 21.6 Å². The van der Waals surface area contributed by atoms with E-state index in [4.69, 9.17) is 18.0 Å². The Morgan fingerprint density at radius 2 is 1.07 bits per heavy atom. The van der Waals surface area contributed by atoms with Crippen LogP contribution in [-0.4, -0.2) is 17.9 Å². The highest BCUT2D eigenvalue weighted by molar-refractivity contribution is 9.06. The van der Waals surface area contributed by atoms with Gasteiger partial charge in [-0.05, 0) is 34.9 Å². The molecular weight excluding hydrogens is 634 g/mol. The van der Waals surface area contributed by atoms with Crippen molar-refractivity contribution < 1.29 is 27.6 Å². The Kier molecular flexibility index (Phi) is 11.2. The Morgan fingerprint density at radius 3 is 1.58 bits per heavy atom. The molecule has 0 radical (unpaired) electrons. The van der Waals surface area contributed by atoms with Crippen LogP contribution in [0.5, 0.6) is 17.2 Å². The first kappa shape index (κ1) is 31.3. The molecule has 1 N–H and O–H groups in total. The number of hydrogen-bond donors (Lipinski definition) is 1. The van der Waals surface area contributed by atoms with Crippen molar-refractivity contribution in [3.8, 4) is 17.2 Å². The third kappa shape index (κ3) is 9.20. The smallest absolute Gasteiger partial charge is 0.329 e. The summed E-state index contributed by atoms with van der Waals surface area (Å²) in [4.78, 5) is 26.6. The number of nitrogens with one attached hydrogen (secondary N) is 1. The van der Waals surface area contributed by atoms with Gasteiger partial charge in [0.1, 0.15) is 31.6 Å². The van der Waals surface area contributed by atoms with Crippen LogP contribution in [0.4, 0.5) is 0 Å². The Hall–Kier alpha value is -5.08. The van der Waals surface area contributed by atoms with Crippen LogP contribution in [-0.2, 0) is 35.8 Å². The van der Waals surface area contributed by atoms with Crippen molar-refractivity contribution in [3.63, 3.8) is 0 Å². The largest absolute Gasteiger partial charge is 0.485 e. The topological polar surface area (TPSA) is 83.1 Å². The van der Waals surface area contributed by atoms with Gasteiger partial charge in [-0.2, -0.15) is 0 Å². The van der Waals surface area contributed by atoms with Crippen molar-refractivity contribution in [2.45, 2.75) is 32.3 Å². The fourth-order valence-corrected chi connectivity index (χ4v) is 4.89. The fraction of sp³-hybridized carbons (Fsp3) is 0.135. The highest BCUT2D eigenvalue weighted by Gasteiger charge is 2.26. The molecule has 0 saturated heterocycles. The van der Waals surface area contributed by atoms with Crippen molar-refractivity contribution in [1.29, 1.82) is 0 Å². The van der Waals surface area contributed by atoms with Crippen molar-refractivity contribution in [2.24, 2.45) is 0 Å². The van der Waals surface area contributed by atoms with Crippen LogP contribution in [0.15, 0.2) is 133 Å². The van der Waals surface area contributed by atoms with Crippen LogP contribution >= 0.6 is 16.3 Å². The van der Waals surface area contributed by atoms with Gasteiger partial charge in [0.15, 0.2) is 27.8 Å². The van der Waals surface area contributed by atoms with Gasteiger partial charge in [0.25, 0.3) is 5.91 Å². The minimum Gasteiger partial charge on any atom is -0.485 e. The van der Waals surface area contributed by atoms with E-state index in [1.54, 1.807) is 36.4 Å². The van der Waals surface area contributed by atoms with E-state index in [-0.39, 0.29) is 13.0 Å². The normalized spacial score (nSPS) is 11.2. The SMILES string of the molecule is O=C(NC(Cc1cc(OCc2ccccc2)c(OCc2ccccc2)cc1OBr)C(=O)OCc1ccccc1)c1ccccc1. The minimum absolute atomic E-state index is 0.0633. The Morgan fingerprint density at radius 1 is 0.600 bits per heavy atom. The lowest BCUT2D eigenvalue weighted by atomic mass is 10.0. The lowest BCUT2D eigenvalue weighted by molar-refractivity contribution is -0.147. The molecule has 45 heavy (non-hydrogen) atoms. The van der Waals surface area contributed by atoms with Gasteiger partial charge < -0.3 is 23.4 Å². The van der Waals surface area contributed by atoms with Crippen LogP contribution in [0.25, 0.3) is 0 Å². The molecule has 1 amide bonds. The summed E-state index contributed by atoms with van der Waals surface area (Å²) < 4.78 is 23.7. The van der Waals surface area contributed by atoms with E-state index in [1.807, 2.05) is 97.1 Å². The lowest BCUT2D eigenvalue weighted by Gasteiger charge is -2.21. The Labute approximate surface area is 271 Å². The van der Waals surface area contributed by atoms with E-state index in [9.17, 15) is 9.59 Å². The second-order valence-electron chi connectivity index (χ2n) is 10.2. The Bertz CT molecular complexity index is 1670. The average molecular weight is 667 g/mol. The number of amides is 1. The fourth-order valence-electron chi connectivity index (χ4n) is 4.58. The summed E-state index contributed by atoms with van der Waals surface area (Å²) in [6, 6.07) is 40.1. The van der Waals surface area contributed by atoms with Gasteiger partial charge in [-0.25, -0.2) is 4.79 Å². The number of hydrogen-bond acceptors (Lipinski definition) is 6. The zero-order valence-electron chi connectivity index (χ0n) is 24.4. The minimum atomic E-state index is -1.03. The molecule has 228 valence electrons. The monoisotopic (exact) mass is 665 g/mol. The number of carbonyl (C=O) groups excluding carboxylic acids is 2. The predicted octanol–water partition coefficient (Wildman–Crippen LogP) is 7.62. The summed E-state index contributed by atoms with van der Waals surface area (Å²) in [5, 5.41) is 2.85. The van der Waals surface area contributed by atoms with Crippen LogP contribution in [0.3, 0.4) is 0 Å². The lowest BCUT2D eigenvalue weighted by Crippen LogP contribution is -2.43. The Balaban J connectivity index is 1.43. The molecule has 7 nitrogen and oxygen atoms in total. The van der Waals surface area contributed by atoms with Gasteiger partial charge in [0.05, 0.1) is 0 Å². The average Bonchev–Trinajstić information content (AvgIpc) is 3.10. The maximum absolute atomic E-state index is 13.5. The molecule has 5 aromatic carbocycles. The van der Waals surface area contributed by atoms with Gasteiger partial charge in [0.2, 0.25) is 0 Å². The molecule has 0 aliphatic carbocycles. The highest BCUT2D eigenvalue weighted by Crippen LogP contribution is 2.37. The molecule has 0 aliphatic heterocycles. The van der Waals surface area contributed by atoms with Crippen molar-refractivity contribution >= 4 is 28.1 Å². The molecule has 0 saturated carbocycles. The van der Waals surface area contributed by atoms with Gasteiger partial charge in [-0.3, -0.25) is 4.79 Å². The summed E-state index contributed by atoms with van der Waals surface area (Å²) in [6.07, 6.45) is 0.0633. The van der Waals surface area contributed by atoms with Crippen LogP contribution in [0.2, 0.25) is 0 Å². The first-order valence-corrected chi connectivity index (χ1v) is 15.1. The van der Waals surface area contributed by atoms with Crippen LogP contribution < -0.4 is 18.6 Å². The number of halogens is 1. The molecule has 5 rings (SSSR count). The number of rotatable bonds is 14. The zero-order chi connectivity index (χ0) is 31.3. The van der Waals surface area contributed by atoms with E-state index in [1.165, 1.54) is 0 Å². The van der Waals surface area contributed by atoms with E-state index < -0.39 is 17.9 Å². The van der Waals surface area contributed by atoms with Gasteiger partial charge in [0, 0.05) is 23.6 Å². The molecule has 5 aromatic rings. The number of carbonyl (C=O) groups is 2. The molecular formula is C37H32BrNO6. The summed E-state index contributed by atoms with van der Waals surface area (Å²) in [5.74, 6) is 0.343. The number of ether oxygens (including phenoxy) is 3. The molecule has 0 fully saturated rings. The van der Waals surface area contributed by atoms with E-state index in [0.29, 0.717) is 41.6 Å². The second kappa shape index (κ2) is 16.1. The number of benzene rings is 5. The van der Waals surface area contributed by atoms with Crippen LogP contribution in [0.1, 0.15) is 32.6 Å². The molecule has 0 spiro atoms. The molecule has 0 aliphatic rings. The van der Waals surface area contributed by atoms with Gasteiger partial charge in [-0.15, -0.1) is 0 Å². The predicted molar refractivity (Wildman–Crippen MR) is 175 cm³/mol. The first-order valence-electron chi connectivity index (χ1n) is 14.4. The highest BCUT2D eigenvalue weighted by atomic mass is 79.9. The third-order valence-electron chi connectivity index (χ3n) is 6.96. The van der Waals surface area contributed by atoms with Crippen molar-refractivity contribution in [1.82, 2.24) is 5.32 Å². The third-order valence-corrected chi connectivity index (χ3v) is 7.31. The second-order valence-corrected chi connectivity index (χ2v) is 10.5. The van der Waals surface area contributed by atoms with Crippen molar-refractivity contribution in [2.75, 3.05) is 0 Å². The van der Waals surface area contributed by atoms with E-state index in [0.717, 1.165) is 16.7 Å². The van der Waals surface area contributed by atoms with Gasteiger partial charge >= 0.3 is 5.97 Å². The summed E-state index contributed by atoms with van der Waals surface area (Å²) >= 11 is 3.11. The maximum atomic E-state index is 13.5. The summed E-state index contributed by atoms with van der Waals surface area (Å²) in [5.41, 5.74) is 3.82. The molecule has 1 atom stereocenters.